The lowest BCUT2D eigenvalue weighted by Gasteiger charge is -2.24. The lowest BCUT2D eigenvalue weighted by atomic mass is 10.0. The Morgan fingerprint density at radius 1 is 1.30 bits per heavy atom. The van der Waals surface area contributed by atoms with Gasteiger partial charge < -0.3 is 4.74 Å². The Labute approximate surface area is 136 Å². The van der Waals surface area contributed by atoms with Gasteiger partial charge in [0.25, 0.3) is 0 Å². The van der Waals surface area contributed by atoms with Crippen LogP contribution in [0.5, 0.6) is 0 Å². The predicted molar refractivity (Wildman–Crippen MR) is 86.7 cm³/mol. The molecule has 1 amide bonds. The van der Waals surface area contributed by atoms with Gasteiger partial charge in [-0.15, -0.1) is 0 Å². The molecule has 0 N–H and O–H groups in total. The molecule has 0 aromatic carbocycles. The minimum Gasteiger partial charge on any atom is -0.444 e. The Hall–Kier alpha value is -2.37. The molecular formula is C17H22N4O2. The number of hydrogen-bond donors (Lipinski definition) is 0. The number of ether oxygens (including phenoxy) is 1. The molecule has 0 fully saturated rings. The lowest BCUT2D eigenvalue weighted by Crippen LogP contribution is -2.33. The van der Waals surface area contributed by atoms with Gasteiger partial charge in [-0.25, -0.2) is 4.79 Å². The van der Waals surface area contributed by atoms with Crippen LogP contribution >= 0.6 is 0 Å². The smallest absolute Gasteiger partial charge is 0.410 e. The molecule has 0 radical (unpaired) electrons. The molecule has 0 saturated carbocycles. The number of nitrogens with zero attached hydrogens (tertiary/aromatic N) is 4. The highest BCUT2D eigenvalue weighted by molar-refractivity contribution is 5.73. The van der Waals surface area contributed by atoms with Gasteiger partial charge in [-0.05, 0) is 39.3 Å². The Morgan fingerprint density at radius 2 is 2.04 bits per heavy atom. The Kier molecular flexibility index (Phi) is 3.62. The molecule has 0 unspecified atom stereocenters. The first-order valence-corrected chi connectivity index (χ1v) is 7.69. The van der Waals surface area contributed by atoms with Crippen LogP contribution in [-0.4, -0.2) is 31.4 Å². The average molecular weight is 314 g/mol. The Bertz CT molecular complexity index is 758. The predicted octanol–water partition coefficient (Wildman–Crippen LogP) is 3.04. The second-order valence-corrected chi connectivity index (χ2v) is 6.98. The molecular weight excluding hydrogens is 292 g/mol. The first-order valence-electron chi connectivity index (χ1n) is 7.69. The molecule has 6 nitrogen and oxygen atoms in total. The zero-order chi connectivity index (χ0) is 16.8. The fourth-order valence-electron chi connectivity index (χ4n) is 2.77. The lowest BCUT2D eigenvalue weighted by molar-refractivity contribution is 0.0241. The van der Waals surface area contributed by atoms with Crippen LogP contribution < -0.4 is 0 Å². The fourth-order valence-corrected chi connectivity index (χ4v) is 2.77. The summed E-state index contributed by atoms with van der Waals surface area (Å²) in [7, 11) is 1.89. The fraction of sp³-hybridized carbons (Fsp3) is 0.471. The zero-order valence-corrected chi connectivity index (χ0v) is 14.3. The standard InChI is InChI=1S/C17H22N4O2/c1-11-6-13(12-7-18-20(5)8-12)14-9-21(10-15(14)19-11)16(22)23-17(2,3)4/h6-8H,9-10H2,1-5H3. The van der Waals surface area contributed by atoms with Crippen LogP contribution in [0, 0.1) is 6.92 Å². The van der Waals surface area contributed by atoms with Crippen molar-refractivity contribution >= 4 is 6.09 Å². The molecule has 2 aromatic rings. The minimum atomic E-state index is -0.499. The van der Waals surface area contributed by atoms with Gasteiger partial charge in [0, 0.05) is 30.1 Å². The number of fused-ring (bicyclic) bond motifs is 1. The van der Waals surface area contributed by atoms with E-state index in [0.29, 0.717) is 13.1 Å². The summed E-state index contributed by atoms with van der Waals surface area (Å²) in [6.45, 7) is 8.59. The Morgan fingerprint density at radius 3 is 2.65 bits per heavy atom. The summed E-state index contributed by atoms with van der Waals surface area (Å²) in [5, 5.41) is 4.24. The van der Waals surface area contributed by atoms with Crippen molar-refractivity contribution < 1.29 is 9.53 Å². The largest absolute Gasteiger partial charge is 0.444 e. The number of carbonyl (C=O) groups excluding carboxylic acids is 1. The van der Waals surface area contributed by atoms with Crippen molar-refractivity contribution in [3.8, 4) is 11.1 Å². The van der Waals surface area contributed by atoms with E-state index in [1.54, 1.807) is 9.58 Å². The van der Waals surface area contributed by atoms with E-state index in [4.69, 9.17) is 4.74 Å². The quantitative estimate of drug-likeness (QED) is 0.812. The molecule has 0 spiro atoms. The Balaban J connectivity index is 1.92. The topological polar surface area (TPSA) is 60.2 Å². The van der Waals surface area contributed by atoms with Crippen LogP contribution in [0.4, 0.5) is 4.79 Å². The second kappa shape index (κ2) is 5.37. The van der Waals surface area contributed by atoms with Gasteiger partial charge in [0.15, 0.2) is 0 Å². The van der Waals surface area contributed by atoms with E-state index in [9.17, 15) is 4.79 Å². The highest BCUT2D eigenvalue weighted by Gasteiger charge is 2.30. The summed E-state index contributed by atoms with van der Waals surface area (Å²) < 4.78 is 7.25. The minimum absolute atomic E-state index is 0.301. The highest BCUT2D eigenvalue weighted by Crippen LogP contribution is 2.32. The molecule has 23 heavy (non-hydrogen) atoms. The number of rotatable bonds is 1. The van der Waals surface area contributed by atoms with E-state index >= 15 is 0 Å². The third kappa shape index (κ3) is 3.21. The molecule has 2 aromatic heterocycles. The van der Waals surface area contributed by atoms with Crippen LogP contribution in [0.2, 0.25) is 0 Å². The summed E-state index contributed by atoms with van der Waals surface area (Å²) in [5.41, 5.74) is 4.59. The van der Waals surface area contributed by atoms with Crippen LogP contribution in [0.3, 0.4) is 0 Å². The molecule has 0 saturated heterocycles. The molecule has 0 bridgehead atoms. The van der Waals surface area contributed by atoms with Crippen LogP contribution in [0.15, 0.2) is 18.5 Å². The number of amides is 1. The molecule has 3 heterocycles. The van der Waals surface area contributed by atoms with E-state index in [2.05, 4.69) is 16.1 Å². The number of pyridine rings is 1. The van der Waals surface area contributed by atoms with Gasteiger partial charge in [0.05, 0.1) is 25.0 Å². The third-order valence-corrected chi connectivity index (χ3v) is 3.70. The molecule has 0 atom stereocenters. The highest BCUT2D eigenvalue weighted by atomic mass is 16.6. The summed E-state index contributed by atoms with van der Waals surface area (Å²) in [4.78, 5) is 18.6. The second-order valence-electron chi connectivity index (χ2n) is 6.98. The van der Waals surface area contributed by atoms with Crippen LogP contribution in [0.1, 0.15) is 37.7 Å². The van der Waals surface area contributed by atoms with Crippen molar-refractivity contribution in [2.45, 2.75) is 46.4 Å². The van der Waals surface area contributed by atoms with Gasteiger partial charge in [-0.1, -0.05) is 0 Å². The van der Waals surface area contributed by atoms with Crippen LogP contribution in [-0.2, 0) is 24.9 Å². The number of aryl methyl sites for hydroxylation is 2. The van der Waals surface area contributed by atoms with Crippen molar-refractivity contribution in [3.05, 3.63) is 35.4 Å². The van der Waals surface area contributed by atoms with Crippen molar-refractivity contribution in [1.82, 2.24) is 19.7 Å². The average Bonchev–Trinajstić information content (AvgIpc) is 3.01. The number of carbonyl (C=O) groups is 1. The van der Waals surface area contributed by atoms with Gasteiger partial charge in [-0.2, -0.15) is 5.10 Å². The van der Waals surface area contributed by atoms with Crippen molar-refractivity contribution in [2.75, 3.05) is 0 Å². The summed E-state index contributed by atoms with van der Waals surface area (Å²) in [6, 6.07) is 2.05. The molecule has 1 aliphatic rings. The molecule has 122 valence electrons. The van der Waals surface area contributed by atoms with E-state index < -0.39 is 5.60 Å². The SMILES string of the molecule is Cc1cc(-c2cnn(C)c2)c2c(n1)CN(C(=O)OC(C)(C)C)C2. The number of hydrogen-bond acceptors (Lipinski definition) is 4. The number of aromatic nitrogens is 3. The maximum Gasteiger partial charge on any atom is 0.410 e. The zero-order valence-electron chi connectivity index (χ0n) is 14.3. The maximum atomic E-state index is 12.3. The van der Waals surface area contributed by atoms with Crippen LogP contribution in [0.25, 0.3) is 11.1 Å². The van der Waals surface area contributed by atoms with Gasteiger partial charge in [0.1, 0.15) is 5.60 Å². The van der Waals surface area contributed by atoms with Crippen molar-refractivity contribution in [2.24, 2.45) is 7.05 Å². The first-order chi connectivity index (χ1) is 10.7. The van der Waals surface area contributed by atoms with E-state index in [1.807, 2.05) is 47.1 Å². The molecule has 0 aliphatic carbocycles. The van der Waals surface area contributed by atoms with E-state index in [0.717, 1.165) is 28.1 Å². The van der Waals surface area contributed by atoms with Crippen molar-refractivity contribution in [1.29, 1.82) is 0 Å². The van der Waals surface area contributed by atoms with E-state index in [-0.39, 0.29) is 6.09 Å². The normalized spacial score (nSPS) is 14.0. The van der Waals surface area contributed by atoms with Gasteiger partial charge in [0.2, 0.25) is 0 Å². The summed E-state index contributed by atoms with van der Waals surface area (Å²) in [6.07, 6.45) is 3.52. The molecule has 3 rings (SSSR count). The van der Waals surface area contributed by atoms with Crippen molar-refractivity contribution in [3.63, 3.8) is 0 Å². The molecule has 6 heteroatoms. The first kappa shape index (κ1) is 15.5. The van der Waals surface area contributed by atoms with Gasteiger partial charge >= 0.3 is 6.09 Å². The van der Waals surface area contributed by atoms with Gasteiger partial charge in [-0.3, -0.25) is 14.6 Å². The summed E-state index contributed by atoms with van der Waals surface area (Å²) >= 11 is 0. The van der Waals surface area contributed by atoms with E-state index in [1.165, 1.54) is 0 Å². The maximum absolute atomic E-state index is 12.3. The molecule has 1 aliphatic heterocycles. The monoisotopic (exact) mass is 314 g/mol. The third-order valence-electron chi connectivity index (χ3n) is 3.70. The summed E-state index contributed by atoms with van der Waals surface area (Å²) in [5.74, 6) is 0.